The van der Waals surface area contributed by atoms with E-state index in [4.69, 9.17) is 16.4 Å². The average Bonchev–Trinajstić information content (AvgIpc) is 2.48. The van der Waals surface area contributed by atoms with Crippen LogP contribution in [-0.4, -0.2) is 11.7 Å². The van der Waals surface area contributed by atoms with Gasteiger partial charge in [0.2, 0.25) is 0 Å². The van der Waals surface area contributed by atoms with Crippen molar-refractivity contribution >= 4 is 29.3 Å². The van der Waals surface area contributed by atoms with Crippen LogP contribution in [0.3, 0.4) is 0 Å². The highest BCUT2D eigenvalue weighted by Crippen LogP contribution is 2.16. The first-order chi connectivity index (χ1) is 10.2. The van der Waals surface area contributed by atoms with Crippen LogP contribution in [0.1, 0.15) is 11.1 Å². The lowest BCUT2D eigenvalue weighted by molar-refractivity contribution is -0.131. The van der Waals surface area contributed by atoms with E-state index in [-0.39, 0.29) is 5.91 Å². The van der Waals surface area contributed by atoms with Crippen molar-refractivity contribution in [2.75, 3.05) is 5.75 Å². The Morgan fingerprint density at radius 1 is 1.10 bits per heavy atom. The van der Waals surface area contributed by atoms with E-state index in [1.165, 1.54) is 11.8 Å². The maximum Gasteiger partial charge on any atom is 0.253 e. The summed E-state index contributed by atoms with van der Waals surface area (Å²) in [7, 11) is 0. The highest BCUT2D eigenvalue weighted by atomic mass is 35.5. The zero-order valence-corrected chi connectivity index (χ0v) is 13.0. The van der Waals surface area contributed by atoms with Gasteiger partial charge in [-0.15, -0.1) is 11.8 Å². The Bertz CT molecular complexity index is 577. The van der Waals surface area contributed by atoms with Gasteiger partial charge in [-0.05, 0) is 23.3 Å². The molecule has 21 heavy (non-hydrogen) atoms. The molecular formula is C16H16ClNO2S. The van der Waals surface area contributed by atoms with Crippen LogP contribution in [0.25, 0.3) is 0 Å². The highest BCUT2D eigenvalue weighted by Gasteiger charge is 2.02. The first-order valence-electron chi connectivity index (χ1n) is 6.51. The van der Waals surface area contributed by atoms with Gasteiger partial charge in [0, 0.05) is 10.8 Å². The minimum absolute atomic E-state index is 0.141. The molecule has 0 unspecified atom stereocenters. The number of nitrogens with one attached hydrogen (secondary N) is 1. The summed E-state index contributed by atoms with van der Waals surface area (Å²) in [5.41, 5.74) is 4.56. The molecule has 0 atom stereocenters. The molecule has 0 aliphatic rings. The molecule has 0 aliphatic carbocycles. The van der Waals surface area contributed by atoms with Gasteiger partial charge in [-0.1, -0.05) is 54.1 Å². The molecule has 2 rings (SSSR count). The molecular weight excluding hydrogens is 306 g/mol. The van der Waals surface area contributed by atoms with Gasteiger partial charge in [0.1, 0.15) is 0 Å². The van der Waals surface area contributed by atoms with Crippen LogP contribution in [-0.2, 0) is 22.0 Å². The van der Waals surface area contributed by atoms with E-state index < -0.39 is 0 Å². The zero-order valence-electron chi connectivity index (χ0n) is 11.4. The summed E-state index contributed by atoms with van der Waals surface area (Å²) in [6.07, 6.45) is 0. The normalized spacial score (nSPS) is 10.3. The molecule has 0 saturated carbocycles. The molecule has 0 radical (unpaired) electrons. The van der Waals surface area contributed by atoms with Crippen LogP contribution in [0.5, 0.6) is 0 Å². The maximum absolute atomic E-state index is 11.6. The van der Waals surface area contributed by atoms with Gasteiger partial charge in [-0.2, -0.15) is 0 Å². The molecule has 1 N–H and O–H groups in total. The van der Waals surface area contributed by atoms with E-state index in [2.05, 4.69) is 5.48 Å². The third-order valence-corrected chi connectivity index (χ3v) is 3.90. The van der Waals surface area contributed by atoms with Gasteiger partial charge in [0.15, 0.2) is 0 Å². The molecule has 110 valence electrons. The second kappa shape index (κ2) is 8.72. The summed E-state index contributed by atoms with van der Waals surface area (Å²) in [5.74, 6) is 0.950. The van der Waals surface area contributed by atoms with E-state index in [0.717, 1.165) is 16.9 Å². The van der Waals surface area contributed by atoms with E-state index in [0.29, 0.717) is 17.4 Å². The van der Waals surface area contributed by atoms with Crippen LogP contribution >= 0.6 is 23.4 Å². The van der Waals surface area contributed by atoms with Crippen molar-refractivity contribution in [2.24, 2.45) is 0 Å². The minimum atomic E-state index is -0.141. The first-order valence-corrected chi connectivity index (χ1v) is 8.04. The molecule has 0 fully saturated rings. The van der Waals surface area contributed by atoms with Crippen molar-refractivity contribution in [3.05, 3.63) is 70.7 Å². The molecule has 0 aliphatic heterocycles. The number of amides is 1. The fourth-order valence-electron chi connectivity index (χ4n) is 1.69. The monoisotopic (exact) mass is 321 g/mol. The number of halogens is 1. The molecule has 2 aromatic carbocycles. The summed E-state index contributed by atoms with van der Waals surface area (Å²) < 4.78 is 0. The summed E-state index contributed by atoms with van der Waals surface area (Å²) in [5, 5.41) is 0.712. The lowest BCUT2D eigenvalue weighted by Gasteiger charge is -2.06. The molecule has 0 aromatic heterocycles. The van der Waals surface area contributed by atoms with Gasteiger partial charge in [0.05, 0.1) is 12.4 Å². The van der Waals surface area contributed by atoms with Crippen molar-refractivity contribution in [1.29, 1.82) is 0 Å². The molecule has 0 spiro atoms. The lowest BCUT2D eigenvalue weighted by Crippen LogP contribution is -2.25. The Kier molecular flexibility index (Phi) is 6.60. The minimum Gasteiger partial charge on any atom is -0.272 e. The molecule has 0 heterocycles. The Morgan fingerprint density at radius 3 is 2.62 bits per heavy atom. The van der Waals surface area contributed by atoms with E-state index in [9.17, 15) is 4.79 Å². The number of carbonyl (C=O) groups is 1. The number of rotatable bonds is 7. The average molecular weight is 322 g/mol. The van der Waals surface area contributed by atoms with Crippen molar-refractivity contribution in [2.45, 2.75) is 12.4 Å². The van der Waals surface area contributed by atoms with Gasteiger partial charge >= 0.3 is 0 Å². The molecule has 1 amide bonds. The van der Waals surface area contributed by atoms with E-state index in [1.807, 2.05) is 54.6 Å². The summed E-state index contributed by atoms with van der Waals surface area (Å²) >= 11 is 7.42. The van der Waals surface area contributed by atoms with Gasteiger partial charge in [-0.3, -0.25) is 9.63 Å². The smallest absolute Gasteiger partial charge is 0.253 e. The van der Waals surface area contributed by atoms with Gasteiger partial charge in [0.25, 0.3) is 5.91 Å². The third-order valence-electron chi connectivity index (χ3n) is 2.66. The summed E-state index contributed by atoms with van der Waals surface area (Å²) in [4.78, 5) is 16.8. The fraction of sp³-hybridized carbons (Fsp3) is 0.188. The number of thioether (sulfide) groups is 1. The van der Waals surface area contributed by atoms with Crippen LogP contribution in [0.15, 0.2) is 54.6 Å². The Labute approximate surface area is 133 Å². The number of hydrogen-bond donors (Lipinski definition) is 1. The molecule has 2 aromatic rings. The second-order valence-electron chi connectivity index (χ2n) is 4.42. The quantitative estimate of drug-likeness (QED) is 0.788. The predicted molar refractivity (Wildman–Crippen MR) is 87.0 cm³/mol. The van der Waals surface area contributed by atoms with Crippen molar-refractivity contribution in [1.82, 2.24) is 5.48 Å². The van der Waals surface area contributed by atoms with E-state index in [1.54, 1.807) is 0 Å². The molecule has 0 bridgehead atoms. The molecule has 3 nitrogen and oxygen atoms in total. The number of hydroxylamine groups is 1. The highest BCUT2D eigenvalue weighted by molar-refractivity contribution is 7.99. The first kappa shape index (κ1) is 15.9. The SMILES string of the molecule is O=C(CSCc1cccc(Cl)c1)NOCc1ccccc1. The van der Waals surface area contributed by atoms with Crippen LogP contribution < -0.4 is 5.48 Å². The fourth-order valence-corrected chi connectivity index (χ4v) is 2.67. The zero-order chi connectivity index (χ0) is 14.9. The topological polar surface area (TPSA) is 38.3 Å². The van der Waals surface area contributed by atoms with Gasteiger partial charge < -0.3 is 0 Å². The standard InChI is InChI=1S/C16H16ClNO2S/c17-15-8-4-7-14(9-15)11-21-12-16(19)18-20-10-13-5-2-1-3-6-13/h1-9H,10-12H2,(H,18,19). The van der Waals surface area contributed by atoms with Gasteiger partial charge in [-0.25, -0.2) is 5.48 Å². The van der Waals surface area contributed by atoms with Crippen LogP contribution in [0, 0.1) is 0 Å². The maximum atomic E-state index is 11.6. The Hall–Kier alpha value is -1.49. The summed E-state index contributed by atoms with van der Waals surface area (Å²) in [6.45, 7) is 0.367. The Balaban J connectivity index is 1.61. The predicted octanol–water partition coefficient (Wildman–Crippen LogP) is 3.82. The molecule has 5 heteroatoms. The number of benzene rings is 2. The van der Waals surface area contributed by atoms with Crippen molar-refractivity contribution < 1.29 is 9.63 Å². The number of hydrogen-bond acceptors (Lipinski definition) is 3. The second-order valence-corrected chi connectivity index (χ2v) is 5.84. The Morgan fingerprint density at radius 2 is 1.86 bits per heavy atom. The third kappa shape index (κ3) is 6.21. The van der Waals surface area contributed by atoms with Crippen molar-refractivity contribution in [3.8, 4) is 0 Å². The van der Waals surface area contributed by atoms with Crippen LogP contribution in [0.2, 0.25) is 5.02 Å². The van der Waals surface area contributed by atoms with Crippen molar-refractivity contribution in [3.63, 3.8) is 0 Å². The largest absolute Gasteiger partial charge is 0.272 e. The number of carbonyl (C=O) groups excluding carboxylic acids is 1. The molecule has 0 saturated heterocycles. The lowest BCUT2D eigenvalue weighted by atomic mass is 10.2. The van der Waals surface area contributed by atoms with E-state index >= 15 is 0 Å². The van der Waals surface area contributed by atoms with Crippen LogP contribution in [0.4, 0.5) is 0 Å². The summed E-state index contributed by atoms with van der Waals surface area (Å²) in [6, 6.07) is 17.3.